The van der Waals surface area contributed by atoms with E-state index in [1.54, 1.807) is 16.7 Å². The monoisotopic (exact) mass is 389 g/mol. The average Bonchev–Trinajstić information content (AvgIpc) is 2.67. The molecule has 1 N–H and O–H groups in total. The SMILES string of the molecule is O=C(O)C1CCN(C(=O)c2ccc(CSc3ccc(Cl)cc3)cc2)CC1. The molecule has 26 heavy (non-hydrogen) atoms. The summed E-state index contributed by atoms with van der Waals surface area (Å²) in [6, 6.07) is 15.4. The predicted molar refractivity (Wildman–Crippen MR) is 104 cm³/mol. The maximum Gasteiger partial charge on any atom is 0.306 e. The van der Waals surface area contributed by atoms with Crippen LogP contribution >= 0.6 is 23.4 Å². The number of likely N-dealkylation sites (tertiary alicyclic amines) is 1. The van der Waals surface area contributed by atoms with E-state index < -0.39 is 5.97 Å². The van der Waals surface area contributed by atoms with Gasteiger partial charge in [-0.1, -0.05) is 23.7 Å². The molecule has 0 bridgehead atoms. The fourth-order valence-electron chi connectivity index (χ4n) is 2.95. The molecular formula is C20H20ClNO3S. The molecule has 1 fully saturated rings. The third kappa shape index (κ3) is 4.80. The van der Waals surface area contributed by atoms with Crippen LogP contribution in [0.15, 0.2) is 53.4 Å². The zero-order valence-electron chi connectivity index (χ0n) is 14.2. The number of rotatable bonds is 5. The van der Waals surface area contributed by atoms with Crippen LogP contribution < -0.4 is 0 Å². The predicted octanol–water partition coefficient (Wildman–Crippen LogP) is 4.57. The van der Waals surface area contributed by atoms with E-state index in [2.05, 4.69) is 0 Å². The summed E-state index contributed by atoms with van der Waals surface area (Å²) in [6.07, 6.45) is 1.05. The van der Waals surface area contributed by atoms with Gasteiger partial charge >= 0.3 is 5.97 Å². The lowest BCUT2D eigenvalue weighted by molar-refractivity contribution is -0.143. The number of carbonyl (C=O) groups is 2. The van der Waals surface area contributed by atoms with Gasteiger partial charge in [0.2, 0.25) is 0 Å². The number of carboxylic acid groups (broad SMARTS) is 1. The van der Waals surface area contributed by atoms with Crippen LogP contribution in [0.4, 0.5) is 0 Å². The van der Waals surface area contributed by atoms with Crippen molar-refractivity contribution >= 4 is 35.2 Å². The molecule has 0 radical (unpaired) electrons. The van der Waals surface area contributed by atoms with Crippen LogP contribution in [0.1, 0.15) is 28.8 Å². The van der Waals surface area contributed by atoms with Crippen LogP contribution in [0.3, 0.4) is 0 Å². The van der Waals surface area contributed by atoms with Crippen molar-refractivity contribution in [2.45, 2.75) is 23.5 Å². The number of thioether (sulfide) groups is 1. The Bertz CT molecular complexity index is 769. The number of carbonyl (C=O) groups excluding carboxylic acids is 1. The highest BCUT2D eigenvalue weighted by molar-refractivity contribution is 7.98. The Labute approximate surface area is 162 Å². The van der Waals surface area contributed by atoms with E-state index >= 15 is 0 Å². The summed E-state index contributed by atoms with van der Waals surface area (Å²) >= 11 is 7.61. The van der Waals surface area contributed by atoms with Gasteiger partial charge < -0.3 is 10.0 Å². The smallest absolute Gasteiger partial charge is 0.306 e. The first-order valence-corrected chi connectivity index (χ1v) is 9.88. The summed E-state index contributed by atoms with van der Waals surface area (Å²) in [4.78, 5) is 26.5. The van der Waals surface area contributed by atoms with Gasteiger partial charge in [0.25, 0.3) is 5.91 Å². The van der Waals surface area contributed by atoms with Gasteiger partial charge in [0.1, 0.15) is 0 Å². The first kappa shape index (κ1) is 18.8. The lowest BCUT2D eigenvalue weighted by atomic mass is 9.96. The molecule has 1 heterocycles. The van der Waals surface area contributed by atoms with Gasteiger partial charge in [-0.05, 0) is 54.8 Å². The highest BCUT2D eigenvalue weighted by atomic mass is 35.5. The molecule has 0 aromatic heterocycles. The Morgan fingerprint density at radius 3 is 2.23 bits per heavy atom. The van der Waals surface area contributed by atoms with E-state index in [0.717, 1.165) is 21.2 Å². The van der Waals surface area contributed by atoms with Crippen LogP contribution in [0, 0.1) is 5.92 Å². The minimum atomic E-state index is -0.764. The van der Waals surface area contributed by atoms with E-state index in [4.69, 9.17) is 16.7 Å². The summed E-state index contributed by atoms with van der Waals surface area (Å²) in [7, 11) is 0. The number of carboxylic acids is 1. The Balaban J connectivity index is 1.54. The Morgan fingerprint density at radius 1 is 1.04 bits per heavy atom. The van der Waals surface area contributed by atoms with Crippen molar-refractivity contribution in [2.24, 2.45) is 5.92 Å². The van der Waals surface area contributed by atoms with Crippen molar-refractivity contribution in [3.63, 3.8) is 0 Å². The van der Waals surface area contributed by atoms with Gasteiger partial charge in [0, 0.05) is 34.3 Å². The molecule has 1 aliphatic rings. The molecule has 1 saturated heterocycles. The molecule has 136 valence electrons. The first-order valence-electron chi connectivity index (χ1n) is 8.52. The number of nitrogens with zero attached hydrogens (tertiary/aromatic N) is 1. The van der Waals surface area contributed by atoms with Gasteiger partial charge in [0.05, 0.1) is 5.92 Å². The normalized spacial score (nSPS) is 15.0. The van der Waals surface area contributed by atoms with Gasteiger partial charge in [-0.15, -0.1) is 11.8 Å². The third-order valence-corrected chi connectivity index (χ3v) is 5.89. The Morgan fingerprint density at radius 2 is 1.65 bits per heavy atom. The molecule has 6 heteroatoms. The van der Waals surface area contributed by atoms with Gasteiger partial charge in [-0.25, -0.2) is 0 Å². The molecule has 2 aromatic carbocycles. The fraction of sp³-hybridized carbons (Fsp3) is 0.300. The minimum absolute atomic E-state index is 0.0225. The number of hydrogen-bond donors (Lipinski definition) is 1. The van der Waals surface area contributed by atoms with Gasteiger partial charge in [-0.2, -0.15) is 0 Å². The van der Waals surface area contributed by atoms with Crippen LogP contribution in [-0.2, 0) is 10.5 Å². The highest BCUT2D eigenvalue weighted by Crippen LogP contribution is 2.25. The number of benzene rings is 2. The van der Waals surface area contributed by atoms with Gasteiger partial charge in [-0.3, -0.25) is 9.59 Å². The first-order chi connectivity index (χ1) is 12.5. The number of aliphatic carboxylic acids is 1. The number of halogens is 1. The second-order valence-corrected chi connectivity index (χ2v) is 7.83. The quantitative estimate of drug-likeness (QED) is 0.761. The number of hydrogen-bond acceptors (Lipinski definition) is 3. The maximum atomic E-state index is 12.6. The zero-order valence-corrected chi connectivity index (χ0v) is 15.8. The summed E-state index contributed by atoms with van der Waals surface area (Å²) in [5.74, 6) is -0.295. The van der Waals surface area contributed by atoms with E-state index in [-0.39, 0.29) is 11.8 Å². The Kier molecular flexibility index (Phi) is 6.22. The topological polar surface area (TPSA) is 57.6 Å². The van der Waals surface area contributed by atoms with E-state index in [1.807, 2.05) is 48.5 Å². The lowest BCUT2D eigenvalue weighted by Gasteiger charge is -2.30. The van der Waals surface area contributed by atoms with E-state index in [0.29, 0.717) is 31.5 Å². The largest absolute Gasteiger partial charge is 0.481 e. The molecule has 1 aliphatic heterocycles. The number of amides is 1. The van der Waals surface area contributed by atoms with Crippen LogP contribution in [0.5, 0.6) is 0 Å². The molecule has 1 amide bonds. The van der Waals surface area contributed by atoms with Crippen molar-refractivity contribution in [1.82, 2.24) is 4.90 Å². The molecule has 0 saturated carbocycles. The molecule has 0 atom stereocenters. The van der Waals surface area contributed by atoms with Crippen molar-refractivity contribution in [3.05, 3.63) is 64.7 Å². The van der Waals surface area contributed by atoms with E-state index in [1.165, 1.54) is 0 Å². The second kappa shape index (κ2) is 8.60. The van der Waals surface area contributed by atoms with Crippen LogP contribution in [0.2, 0.25) is 5.02 Å². The third-order valence-electron chi connectivity index (χ3n) is 4.55. The molecule has 4 nitrogen and oxygen atoms in total. The molecule has 2 aromatic rings. The minimum Gasteiger partial charge on any atom is -0.481 e. The van der Waals surface area contributed by atoms with Crippen molar-refractivity contribution in [1.29, 1.82) is 0 Å². The summed E-state index contributed by atoms with van der Waals surface area (Å²) in [5, 5.41) is 9.77. The molecular weight excluding hydrogens is 370 g/mol. The van der Waals surface area contributed by atoms with E-state index in [9.17, 15) is 9.59 Å². The Hall–Kier alpha value is -1.98. The molecule has 0 spiro atoms. The maximum absolute atomic E-state index is 12.6. The summed E-state index contributed by atoms with van der Waals surface area (Å²) in [6.45, 7) is 1.01. The second-order valence-electron chi connectivity index (χ2n) is 6.34. The fourth-order valence-corrected chi connectivity index (χ4v) is 3.93. The van der Waals surface area contributed by atoms with Crippen molar-refractivity contribution in [2.75, 3.05) is 13.1 Å². The standard InChI is InChI=1S/C20H20ClNO3S/c21-17-5-7-18(8-6-17)26-13-14-1-3-15(4-2-14)19(23)22-11-9-16(10-12-22)20(24)25/h1-8,16H,9-13H2,(H,24,25). The average molecular weight is 390 g/mol. The lowest BCUT2D eigenvalue weighted by Crippen LogP contribution is -2.40. The zero-order chi connectivity index (χ0) is 18.5. The summed E-state index contributed by atoms with van der Waals surface area (Å²) < 4.78 is 0. The molecule has 3 rings (SSSR count). The van der Waals surface area contributed by atoms with Crippen molar-refractivity contribution in [3.8, 4) is 0 Å². The highest BCUT2D eigenvalue weighted by Gasteiger charge is 2.27. The summed E-state index contributed by atoms with van der Waals surface area (Å²) in [5.41, 5.74) is 1.80. The van der Waals surface area contributed by atoms with Crippen molar-refractivity contribution < 1.29 is 14.7 Å². The molecule has 0 aliphatic carbocycles. The van der Waals surface area contributed by atoms with Gasteiger partial charge in [0.15, 0.2) is 0 Å². The van der Waals surface area contributed by atoms with Crippen LogP contribution in [0.25, 0.3) is 0 Å². The van der Waals surface area contributed by atoms with Crippen LogP contribution in [-0.4, -0.2) is 35.0 Å². The molecule has 0 unspecified atom stereocenters. The number of piperidine rings is 1.